The fraction of sp³-hybridized carbons (Fsp3) is 0.867. The molecular formula is C15H24. The Morgan fingerprint density at radius 1 is 1.20 bits per heavy atom. The Bertz CT molecular complexity index is 259. The summed E-state index contributed by atoms with van der Waals surface area (Å²) < 4.78 is 0. The molecule has 2 atom stereocenters. The molecule has 15 heavy (non-hydrogen) atoms. The van der Waals surface area contributed by atoms with E-state index in [0.717, 1.165) is 17.3 Å². The second-order valence-electron chi connectivity index (χ2n) is 6.43. The summed E-state index contributed by atoms with van der Waals surface area (Å²) >= 11 is 0. The van der Waals surface area contributed by atoms with Crippen LogP contribution in [0.3, 0.4) is 0 Å². The summed E-state index contributed by atoms with van der Waals surface area (Å²) in [6, 6.07) is 0. The molecule has 0 radical (unpaired) electrons. The molecule has 3 fully saturated rings. The first-order chi connectivity index (χ1) is 7.28. The first kappa shape index (κ1) is 9.93. The van der Waals surface area contributed by atoms with Crippen LogP contribution in [0.1, 0.15) is 64.2 Å². The largest absolute Gasteiger partial charge is 0.0998 e. The number of hydrogen-bond donors (Lipinski definition) is 0. The molecule has 0 bridgehead atoms. The molecule has 3 rings (SSSR count). The van der Waals surface area contributed by atoms with Crippen molar-refractivity contribution >= 4 is 0 Å². The predicted octanol–water partition coefficient (Wildman–Crippen LogP) is 4.70. The van der Waals surface area contributed by atoms with Crippen molar-refractivity contribution in [1.82, 2.24) is 0 Å². The standard InChI is InChI=1S/C15H24/c1-12-5-4-8-15(10-12)11-14(15)9-13-6-2-3-7-13/h13-14H,1-11H2. The van der Waals surface area contributed by atoms with Gasteiger partial charge in [0.25, 0.3) is 0 Å². The highest BCUT2D eigenvalue weighted by Crippen LogP contribution is 2.64. The molecule has 0 heteroatoms. The molecule has 0 aromatic heterocycles. The lowest BCUT2D eigenvalue weighted by Gasteiger charge is -2.25. The Labute approximate surface area is 94.1 Å². The molecule has 0 N–H and O–H groups in total. The van der Waals surface area contributed by atoms with Gasteiger partial charge in [0.2, 0.25) is 0 Å². The lowest BCUT2D eigenvalue weighted by molar-refractivity contribution is 0.328. The van der Waals surface area contributed by atoms with E-state index in [-0.39, 0.29) is 0 Å². The van der Waals surface area contributed by atoms with E-state index < -0.39 is 0 Å². The van der Waals surface area contributed by atoms with Gasteiger partial charge in [-0.05, 0) is 55.8 Å². The quantitative estimate of drug-likeness (QED) is 0.572. The van der Waals surface area contributed by atoms with Gasteiger partial charge in [-0.1, -0.05) is 37.8 Å². The van der Waals surface area contributed by atoms with Crippen molar-refractivity contribution in [3.05, 3.63) is 12.2 Å². The molecule has 0 nitrogen and oxygen atoms in total. The van der Waals surface area contributed by atoms with Crippen molar-refractivity contribution < 1.29 is 0 Å². The van der Waals surface area contributed by atoms with Crippen molar-refractivity contribution in [2.24, 2.45) is 17.3 Å². The normalized spacial score (nSPS) is 41.3. The van der Waals surface area contributed by atoms with Gasteiger partial charge in [-0.25, -0.2) is 0 Å². The smallest absolute Gasteiger partial charge is 0.0229 e. The fourth-order valence-electron chi connectivity index (χ4n) is 4.30. The highest BCUT2D eigenvalue weighted by atomic mass is 14.6. The van der Waals surface area contributed by atoms with Gasteiger partial charge in [-0.2, -0.15) is 0 Å². The minimum Gasteiger partial charge on any atom is -0.0998 e. The zero-order valence-electron chi connectivity index (χ0n) is 9.93. The molecule has 0 amide bonds. The third-order valence-electron chi connectivity index (χ3n) is 5.26. The number of allylic oxidation sites excluding steroid dienone is 1. The van der Waals surface area contributed by atoms with Gasteiger partial charge in [0, 0.05) is 0 Å². The Morgan fingerprint density at radius 3 is 2.73 bits per heavy atom. The van der Waals surface area contributed by atoms with Crippen molar-refractivity contribution in [2.45, 2.75) is 64.2 Å². The summed E-state index contributed by atoms with van der Waals surface area (Å²) in [6.45, 7) is 4.22. The van der Waals surface area contributed by atoms with E-state index in [2.05, 4.69) is 6.58 Å². The molecule has 84 valence electrons. The molecule has 1 spiro atoms. The molecule has 0 aromatic carbocycles. The van der Waals surface area contributed by atoms with Crippen LogP contribution < -0.4 is 0 Å². The van der Waals surface area contributed by atoms with Gasteiger partial charge >= 0.3 is 0 Å². The number of hydrogen-bond acceptors (Lipinski definition) is 0. The summed E-state index contributed by atoms with van der Waals surface area (Å²) in [5.74, 6) is 2.20. The van der Waals surface area contributed by atoms with Gasteiger partial charge in [0.05, 0.1) is 0 Å². The Kier molecular flexibility index (Phi) is 2.41. The lowest BCUT2D eigenvalue weighted by atomic mass is 9.80. The molecule has 0 aliphatic heterocycles. The van der Waals surface area contributed by atoms with Crippen LogP contribution in [0, 0.1) is 17.3 Å². The van der Waals surface area contributed by atoms with E-state index in [1.54, 1.807) is 18.4 Å². The summed E-state index contributed by atoms with van der Waals surface area (Å²) in [5, 5.41) is 0. The predicted molar refractivity (Wildman–Crippen MR) is 64.7 cm³/mol. The van der Waals surface area contributed by atoms with E-state index in [4.69, 9.17) is 0 Å². The third kappa shape index (κ3) is 1.88. The molecule has 0 heterocycles. The molecule has 0 aromatic rings. The minimum atomic E-state index is 0.776. The maximum atomic E-state index is 4.22. The van der Waals surface area contributed by atoms with Crippen LogP contribution in [0.5, 0.6) is 0 Å². The second-order valence-corrected chi connectivity index (χ2v) is 6.43. The van der Waals surface area contributed by atoms with Crippen LogP contribution in [0.4, 0.5) is 0 Å². The number of rotatable bonds is 2. The molecule has 2 unspecified atom stereocenters. The van der Waals surface area contributed by atoms with E-state index >= 15 is 0 Å². The van der Waals surface area contributed by atoms with Crippen LogP contribution in [0.25, 0.3) is 0 Å². The van der Waals surface area contributed by atoms with Gasteiger partial charge in [-0.3, -0.25) is 0 Å². The second kappa shape index (κ2) is 3.64. The zero-order valence-corrected chi connectivity index (χ0v) is 9.93. The third-order valence-corrected chi connectivity index (χ3v) is 5.26. The monoisotopic (exact) mass is 204 g/mol. The summed E-state index contributed by atoms with van der Waals surface area (Å²) in [4.78, 5) is 0. The summed E-state index contributed by atoms with van der Waals surface area (Å²) in [5.41, 5.74) is 2.33. The molecule has 3 aliphatic carbocycles. The Morgan fingerprint density at radius 2 is 2.00 bits per heavy atom. The highest BCUT2D eigenvalue weighted by Gasteiger charge is 2.54. The van der Waals surface area contributed by atoms with Gasteiger partial charge in [0.15, 0.2) is 0 Å². The maximum absolute atomic E-state index is 4.22. The van der Waals surface area contributed by atoms with E-state index in [9.17, 15) is 0 Å². The van der Waals surface area contributed by atoms with Crippen LogP contribution in [0.15, 0.2) is 12.2 Å². The van der Waals surface area contributed by atoms with E-state index in [1.165, 1.54) is 51.4 Å². The van der Waals surface area contributed by atoms with Crippen molar-refractivity contribution in [2.75, 3.05) is 0 Å². The average Bonchev–Trinajstić information content (AvgIpc) is 2.64. The minimum absolute atomic E-state index is 0.776. The van der Waals surface area contributed by atoms with Crippen LogP contribution in [-0.2, 0) is 0 Å². The molecule has 3 aliphatic rings. The van der Waals surface area contributed by atoms with E-state index in [0.29, 0.717) is 0 Å². The van der Waals surface area contributed by atoms with Crippen LogP contribution in [0.2, 0.25) is 0 Å². The van der Waals surface area contributed by atoms with Gasteiger partial charge < -0.3 is 0 Å². The van der Waals surface area contributed by atoms with Gasteiger partial charge in [-0.15, -0.1) is 0 Å². The molecule has 3 saturated carbocycles. The first-order valence-electron chi connectivity index (χ1n) is 6.95. The highest BCUT2D eigenvalue weighted by molar-refractivity contribution is 5.14. The zero-order chi connectivity index (χ0) is 10.3. The maximum Gasteiger partial charge on any atom is -0.0229 e. The molecular weight excluding hydrogens is 180 g/mol. The lowest BCUT2D eigenvalue weighted by Crippen LogP contribution is -2.12. The van der Waals surface area contributed by atoms with Crippen molar-refractivity contribution in [1.29, 1.82) is 0 Å². The summed E-state index contributed by atoms with van der Waals surface area (Å²) in [6.07, 6.45) is 14.8. The SMILES string of the molecule is C=C1CCCC2(C1)CC2CC1CCCC1. The van der Waals surface area contributed by atoms with Crippen LogP contribution in [-0.4, -0.2) is 0 Å². The van der Waals surface area contributed by atoms with Crippen LogP contribution >= 0.6 is 0 Å². The summed E-state index contributed by atoms with van der Waals surface area (Å²) in [7, 11) is 0. The van der Waals surface area contributed by atoms with Gasteiger partial charge in [0.1, 0.15) is 0 Å². The molecule has 0 saturated heterocycles. The fourth-order valence-corrected chi connectivity index (χ4v) is 4.30. The first-order valence-corrected chi connectivity index (χ1v) is 6.95. The van der Waals surface area contributed by atoms with Crippen molar-refractivity contribution in [3.8, 4) is 0 Å². The average molecular weight is 204 g/mol. The Hall–Kier alpha value is -0.260. The van der Waals surface area contributed by atoms with Crippen molar-refractivity contribution in [3.63, 3.8) is 0 Å². The topological polar surface area (TPSA) is 0 Å². The van der Waals surface area contributed by atoms with E-state index in [1.807, 2.05) is 0 Å². The Balaban J connectivity index is 1.55.